The van der Waals surface area contributed by atoms with Gasteiger partial charge >= 0.3 is 6.18 Å². The second-order valence-corrected chi connectivity index (χ2v) is 9.16. The standard InChI is InChI=1S/C21H18ClF3N4O4S/c1-12-2-3-15(10-16(12)21(23,24)25)34(32,33)29-17-9-14(22)11-28-19(17)20(31)13-4-5-26-18(8-13)27-6-7-30/h2-5,8-11,29-30H,6-7H2,1H3,(H,26,27). The van der Waals surface area contributed by atoms with Gasteiger partial charge in [0.15, 0.2) is 0 Å². The van der Waals surface area contributed by atoms with Gasteiger partial charge in [0.1, 0.15) is 11.5 Å². The average molecular weight is 515 g/mol. The van der Waals surface area contributed by atoms with Crippen molar-refractivity contribution in [3.8, 4) is 0 Å². The van der Waals surface area contributed by atoms with E-state index in [2.05, 4.69) is 20.0 Å². The molecule has 0 spiro atoms. The van der Waals surface area contributed by atoms with Gasteiger partial charge in [0.2, 0.25) is 5.78 Å². The lowest BCUT2D eigenvalue weighted by Gasteiger charge is -2.15. The van der Waals surface area contributed by atoms with Crippen LogP contribution in [0.4, 0.5) is 24.7 Å². The third-order valence-electron chi connectivity index (χ3n) is 4.58. The van der Waals surface area contributed by atoms with Gasteiger partial charge in [-0.05, 0) is 42.8 Å². The Balaban J connectivity index is 2.00. The zero-order chi connectivity index (χ0) is 25.1. The molecule has 0 aliphatic carbocycles. The van der Waals surface area contributed by atoms with Crippen LogP contribution < -0.4 is 10.0 Å². The van der Waals surface area contributed by atoms with Crippen molar-refractivity contribution in [2.45, 2.75) is 18.0 Å². The summed E-state index contributed by atoms with van der Waals surface area (Å²) in [6.07, 6.45) is -2.29. The van der Waals surface area contributed by atoms with Crippen molar-refractivity contribution < 1.29 is 31.5 Å². The smallest absolute Gasteiger partial charge is 0.395 e. The van der Waals surface area contributed by atoms with Crippen LogP contribution in [-0.2, 0) is 16.2 Å². The van der Waals surface area contributed by atoms with Gasteiger partial charge in [0.05, 0.1) is 27.8 Å². The number of aromatic nitrogens is 2. The van der Waals surface area contributed by atoms with Gasteiger partial charge in [-0.15, -0.1) is 0 Å². The van der Waals surface area contributed by atoms with Crippen LogP contribution in [-0.4, -0.2) is 42.4 Å². The number of aliphatic hydroxyl groups excluding tert-OH is 1. The molecular formula is C21H18ClF3N4O4S. The highest BCUT2D eigenvalue weighted by Crippen LogP contribution is 2.34. The van der Waals surface area contributed by atoms with E-state index in [4.69, 9.17) is 16.7 Å². The lowest BCUT2D eigenvalue weighted by Crippen LogP contribution is -2.18. The minimum absolute atomic E-state index is 0.00540. The van der Waals surface area contributed by atoms with E-state index in [-0.39, 0.29) is 46.5 Å². The fourth-order valence-corrected chi connectivity index (χ4v) is 4.21. The Hall–Kier alpha value is -3.22. The lowest BCUT2D eigenvalue weighted by molar-refractivity contribution is -0.138. The van der Waals surface area contributed by atoms with E-state index in [1.165, 1.54) is 25.3 Å². The molecule has 34 heavy (non-hydrogen) atoms. The Morgan fingerprint density at radius 1 is 1.15 bits per heavy atom. The molecule has 3 aromatic rings. The number of anilines is 2. The van der Waals surface area contributed by atoms with Crippen molar-refractivity contribution in [3.63, 3.8) is 0 Å². The maximum absolute atomic E-state index is 13.3. The number of hydrogen-bond donors (Lipinski definition) is 3. The van der Waals surface area contributed by atoms with E-state index in [0.29, 0.717) is 6.07 Å². The maximum Gasteiger partial charge on any atom is 0.416 e. The van der Waals surface area contributed by atoms with Crippen LogP contribution in [0.1, 0.15) is 27.2 Å². The molecule has 8 nitrogen and oxygen atoms in total. The monoisotopic (exact) mass is 514 g/mol. The van der Waals surface area contributed by atoms with Gasteiger partial charge in [0.25, 0.3) is 10.0 Å². The van der Waals surface area contributed by atoms with E-state index >= 15 is 0 Å². The van der Waals surface area contributed by atoms with Crippen LogP contribution in [0.2, 0.25) is 5.02 Å². The summed E-state index contributed by atoms with van der Waals surface area (Å²) >= 11 is 5.93. The van der Waals surface area contributed by atoms with Crippen LogP contribution in [0, 0.1) is 6.92 Å². The normalized spacial score (nSPS) is 11.8. The molecule has 3 N–H and O–H groups in total. The summed E-state index contributed by atoms with van der Waals surface area (Å²) in [6.45, 7) is 1.23. The fraction of sp³-hybridized carbons (Fsp3) is 0.190. The predicted molar refractivity (Wildman–Crippen MR) is 119 cm³/mol. The molecule has 0 amide bonds. The third-order valence-corrected chi connectivity index (χ3v) is 6.15. The summed E-state index contributed by atoms with van der Waals surface area (Å²) < 4.78 is 67.6. The van der Waals surface area contributed by atoms with Gasteiger partial charge in [-0.3, -0.25) is 9.52 Å². The number of ketones is 1. The highest BCUT2D eigenvalue weighted by Gasteiger charge is 2.34. The van der Waals surface area contributed by atoms with Crippen LogP contribution >= 0.6 is 11.6 Å². The molecule has 3 rings (SSSR count). The Kier molecular flexibility index (Phi) is 7.44. The van der Waals surface area contributed by atoms with Gasteiger partial charge in [-0.1, -0.05) is 17.7 Å². The molecular weight excluding hydrogens is 497 g/mol. The second kappa shape index (κ2) is 9.95. The summed E-state index contributed by atoms with van der Waals surface area (Å²) in [5, 5.41) is 11.7. The predicted octanol–water partition coefficient (Wildman–Crippen LogP) is 3.89. The number of rotatable bonds is 8. The molecule has 0 radical (unpaired) electrons. The second-order valence-electron chi connectivity index (χ2n) is 7.04. The SMILES string of the molecule is Cc1ccc(S(=O)(=O)Nc2cc(Cl)cnc2C(=O)c2ccnc(NCCO)c2)cc1C(F)(F)F. The molecule has 1 aromatic carbocycles. The number of sulfonamides is 1. The summed E-state index contributed by atoms with van der Waals surface area (Å²) in [6, 6.07) is 6.45. The molecule has 13 heteroatoms. The molecule has 0 aliphatic heterocycles. The lowest BCUT2D eigenvalue weighted by atomic mass is 10.1. The van der Waals surface area contributed by atoms with Gasteiger partial charge < -0.3 is 10.4 Å². The van der Waals surface area contributed by atoms with Crippen molar-refractivity contribution in [1.29, 1.82) is 0 Å². The molecule has 0 saturated heterocycles. The molecule has 0 bridgehead atoms. The Morgan fingerprint density at radius 2 is 1.88 bits per heavy atom. The van der Waals surface area contributed by atoms with E-state index < -0.39 is 32.4 Å². The number of nitrogens with zero attached hydrogens (tertiary/aromatic N) is 2. The van der Waals surface area contributed by atoms with E-state index in [1.807, 2.05) is 0 Å². The van der Waals surface area contributed by atoms with Crippen molar-refractivity contribution in [2.24, 2.45) is 0 Å². The van der Waals surface area contributed by atoms with Crippen LogP contribution in [0.3, 0.4) is 0 Å². The third kappa shape index (κ3) is 5.82. The quantitative estimate of drug-likeness (QED) is 0.390. The molecule has 180 valence electrons. The first-order chi connectivity index (χ1) is 15.9. The Morgan fingerprint density at radius 3 is 2.56 bits per heavy atom. The van der Waals surface area contributed by atoms with Gasteiger partial charge in [0, 0.05) is 24.5 Å². The zero-order valence-electron chi connectivity index (χ0n) is 17.5. The number of nitrogens with one attached hydrogen (secondary N) is 2. The molecule has 0 aliphatic rings. The number of halogens is 4. The first kappa shape index (κ1) is 25.4. The molecule has 0 atom stereocenters. The molecule has 0 saturated carbocycles. The minimum Gasteiger partial charge on any atom is -0.395 e. The number of carbonyl (C=O) groups excluding carboxylic acids is 1. The van der Waals surface area contributed by atoms with Crippen LogP contribution in [0.25, 0.3) is 0 Å². The van der Waals surface area contributed by atoms with Gasteiger partial charge in [-0.2, -0.15) is 13.2 Å². The number of benzene rings is 1. The fourth-order valence-electron chi connectivity index (χ4n) is 2.96. The number of carbonyl (C=O) groups is 1. The minimum atomic E-state index is -4.75. The Labute approximate surface area is 197 Å². The summed E-state index contributed by atoms with van der Waals surface area (Å²) in [5.41, 5.74) is -1.78. The van der Waals surface area contributed by atoms with E-state index in [1.54, 1.807) is 0 Å². The highest BCUT2D eigenvalue weighted by molar-refractivity contribution is 7.92. The maximum atomic E-state index is 13.3. The molecule has 0 unspecified atom stereocenters. The number of pyridine rings is 2. The molecule has 0 fully saturated rings. The highest BCUT2D eigenvalue weighted by atomic mass is 35.5. The number of aryl methyl sites for hydroxylation is 1. The average Bonchev–Trinajstić information content (AvgIpc) is 2.76. The topological polar surface area (TPSA) is 121 Å². The number of aliphatic hydroxyl groups is 1. The summed E-state index contributed by atoms with van der Waals surface area (Å²) in [7, 11) is -4.54. The zero-order valence-corrected chi connectivity index (χ0v) is 19.1. The van der Waals surface area contributed by atoms with Crippen molar-refractivity contribution in [2.75, 3.05) is 23.2 Å². The number of alkyl halides is 3. The van der Waals surface area contributed by atoms with E-state index in [0.717, 1.165) is 24.4 Å². The van der Waals surface area contributed by atoms with E-state index in [9.17, 15) is 26.4 Å². The van der Waals surface area contributed by atoms with Gasteiger partial charge in [-0.25, -0.2) is 18.4 Å². The Bertz CT molecular complexity index is 1330. The van der Waals surface area contributed by atoms with Crippen molar-refractivity contribution in [3.05, 3.63) is 76.2 Å². The van der Waals surface area contributed by atoms with Crippen LogP contribution in [0.15, 0.2) is 53.7 Å². The summed E-state index contributed by atoms with van der Waals surface area (Å²) in [4.78, 5) is 20.3. The first-order valence-electron chi connectivity index (χ1n) is 9.64. The van der Waals surface area contributed by atoms with Crippen molar-refractivity contribution >= 4 is 38.9 Å². The number of hydrogen-bond acceptors (Lipinski definition) is 7. The summed E-state index contributed by atoms with van der Waals surface area (Å²) in [5.74, 6) is -0.404. The molecule has 2 heterocycles. The largest absolute Gasteiger partial charge is 0.416 e. The van der Waals surface area contributed by atoms with Crippen LogP contribution in [0.5, 0.6) is 0 Å². The molecule has 2 aromatic heterocycles. The first-order valence-corrected chi connectivity index (χ1v) is 11.5. The van der Waals surface area contributed by atoms with Crippen molar-refractivity contribution in [1.82, 2.24) is 9.97 Å².